The Morgan fingerprint density at radius 2 is 1.89 bits per heavy atom. The van der Waals surface area contributed by atoms with Gasteiger partial charge in [-0.05, 0) is 24.3 Å². The molecular formula is C16H12O3. The highest BCUT2D eigenvalue weighted by Gasteiger charge is 2.14. The second-order valence-corrected chi connectivity index (χ2v) is 4.21. The van der Waals surface area contributed by atoms with Crippen LogP contribution in [0.3, 0.4) is 0 Å². The van der Waals surface area contributed by atoms with Crippen LogP contribution in [0.1, 0.15) is 16.1 Å². The van der Waals surface area contributed by atoms with Gasteiger partial charge < -0.3 is 9.15 Å². The van der Waals surface area contributed by atoms with Crippen LogP contribution in [0.5, 0.6) is 5.75 Å². The molecule has 0 unspecified atom stereocenters. The molecule has 0 N–H and O–H groups in total. The Kier molecular flexibility index (Phi) is 2.80. The van der Waals surface area contributed by atoms with E-state index in [0.717, 1.165) is 5.39 Å². The Hall–Kier alpha value is -2.55. The summed E-state index contributed by atoms with van der Waals surface area (Å²) in [7, 11) is 1.57. The predicted octanol–water partition coefficient (Wildman–Crippen LogP) is 3.67. The molecule has 1 aromatic heterocycles. The lowest BCUT2D eigenvalue weighted by Crippen LogP contribution is -1.99. The van der Waals surface area contributed by atoms with E-state index in [1.807, 2.05) is 24.3 Å². The van der Waals surface area contributed by atoms with Gasteiger partial charge in [-0.25, -0.2) is 0 Å². The van der Waals surface area contributed by atoms with E-state index in [9.17, 15) is 4.79 Å². The van der Waals surface area contributed by atoms with Crippen molar-refractivity contribution < 1.29 is 13.9 Å². The van der Waals surface area contributed by atoms with Crippen LogP contribution in [-0.4, -0.2) is 12.9 Å². The maximum Gasteiger partial charge on any atom is 0.228 e. The molecule has 0 amide bonds. The normalized spacial score (nSPS) is 10.6. The zero-order chi connectivity index (χ0) is 13.2. The molecule has 94 valence electrons. The summed E-state index contributed by atoms with van der Waals surface area (Å²) >= 11 is 0. The Morgan fingerprint density at radius 1 is 1.05 bits per heavy atom. The Bertz CT molecular complexity index is 707. The number of ketones is 1. The molecular weight excluding hydrogens is 240 g/mol. The Balaban J connectivity index is 2.02. The van der Waals surface area contributed by atoms with Crippen molar-refractivity contribution in [2.24, 2.45) is 0 Å². The number of para-hydroxylation sites is 1. The number of benzene rings is 2. The van der Waals surface area contributed by atoms with Crippen molar-refractivity contribution in [3.63, 3.8) is 0 Å². The molecule has 0 saturated carbocycles. The minimum atomic E-state index is -0.143. The van der Waals surface area contributed by atoms with Gasteiger partial charge in [0, 0.05) is 10.9 Å². The SMILES string of the molecule is COc1cccc(C(=O)c2cc3ccccc3o2)c1. The number of methoxy groups -OCH3 is 1. The van der Waals surface area contributed by atoms with Crippen molar-refractivity contribution in [3.8, 4) is 5.75 Å². The van der Waals surface area contributed by atoms with Gasteiger partial charge in [-0.3, -0.25) is 4.79 Å². The van der Waals surface area contributed by atoms with E-state index in [1.165, 1.54) is 0 Å². The van der Waals surface area contributed by atoms with Crippen molar-refractivity contribution >= 4 is 16.8 Å². The average molecular weight is 252 g/mol. The van der Waals surface area contributed by atoms with Crippen LogP contribution < -0.4 is 4.74 Å². The highest BCUT2D eigenvalue weighted by atomic mass is 16.5. The first-order chi connectivity index (χ1) is 9.28. The van der Waals surface area contributed by atoms with Gasteiger partial charge in [0.1, 0.15) is 11.3 Å². The van der Waals surface area contributed by atoms with Crippen LogP contribution in [0.15, 0.2) is 59.0 Å². The van der Waals surface area contributed by atoms with E-state index < -0.39 is 0 Å². The minimum absolute atomic E-state index is 0.143. The zero-order valence-corrected chi connectivity index (χ0v) is 10.4. The second kappa shape index (κ2) is 4.61. The van der Waals surface area contributed by atoms with E-state index in [-0.39, 0.29) is 5.78 Å². The summed E-state index contributed by atoms with van der Waals surface area (Å²) in [6, 6.07) is 16.4. The molecule has 19 heavy (non-hydrogen) atoms. The van der Waals surface area contributed by atoms with Crippen LogP contribution in [-0.2, 0) is 0 Å². The quantitative estimate of drug-likeness (QED) is 0.667. The number of ether oxygens (including phenoxy) is 1. The highest BCUT2D eigenvalue weighted by Crippen LogP contribution is 2.22. The molecule has 3 aromatic rings. The van der Waals surface area contributed by atoms with Crippen molar-refractivity contribution in [2.75, 3.05) is 7.11 Å². The van der Waals surface area contributed by atoms with E-state index >= 15 is 0 Å². The average Bonchev–Trinajstić information content (AvgIpc) is 2.90. The molecule has 0 aliphatic rings. The molecule has 0 atom stereocenters. The summed E-state index contributed by atoms with van der Waals surface area (Å²) in [5.41, 5.74) is 1.27. The number of fused-ring (bicyclic) bond motifs is 1. The highest BCUT2D eigenvalue weighted by molar-refractivity contribution is 6.09. The molecule has 2 aromatic carbocycles. The van der Waals surface area contributed by atoms with Crippen LogP contribution in [0.25, 0.3) is 11.0 Å². The Morgan fingerprint density at radius 3 is 2.68 bits per heavy atom. The lowest BCUT2D eigenvalue weighted by molar-refractivity contribution is 0.101. The van der Waals surface area contributed by atoms with E-state index in [1.54, 1.807) is 37.4 Å². The number of hydrogen-bond acceptors (Lipinski definition) is 3. The number of carbonyl (C=O) groups is 1. The van der Waals surface area contributed by atoms with Crippen molar-refractivity contribution in [1.82, 2.24) is 0 Å². The van der Waals surface area contributed by atoms with Gasteiger partial charge in [0.15, 0.2) is 5.76 Å². The molecule has 3 heteroatoms. The topological polar surface area (TPSA) is 39.4 Å². The number of furan rings is 1. The van der Waals surface area contributed by atoms with Gasteiger partial charge in [0.05, 0.1) is 7.11 Å². The van der Waals surface area contributed by atoms with E-state index in [0.29, 0.717) is 22.7 Å². The van der Waals surface area contributed by atoms with E-state index in [4.69, 9.17) is 9.15 Å². The predicted molar refractivity (Wildman–Crippen MR) is 72.6 cm³/mol. The zero-order valence-electron chi connectivity index (χ0n) is 10.4. The van der Waals surface area contributed by atoms with Crippen molar-refractivity contribution in [3.05, 3.63) is 65.9 Å². The summed E-state index contributed by atoms with van der Waals surface area (Å²) in [5, 5.41) is 0.925. The molecule has 1 heterocycles. The summed E-state index contributed by atoms with van der Waals surface area (Å²) in [5.74, 6) is 0.853. The van der Waals surface area contributed by atoms with Crippen molar-refractivity contribution in [1.29, 1.82) is 0 Å². The lowest BCUT2D eigenvalue weighted by Gasteiger charge is -2.01. The fourth-order valence-electron chi connectivity index (χ4n) is 2.00. The molecule has 0 fully saturated rings. The molecule has 0 saturated heterocycles. The largest absolute Gasteiger partial charge is 0.497 e. The second-order valence-electron chi connectivity index (χ2n) is 4.21. The molecule has 0 radical (unpaired) electrons. The van der Waals surface area contributed by atoms with Crippen LogP contribution in [0.2, 0.25) is 0 Å². The van der Waals surface area contributed by atoms with E-state index in [2.05, 4.69) is 0 Å². The third-order valence-electron chi connectivity index (χ3n) is 2.98. The minimum Gasteiger partial charge on any atom is -0.497 e. The van der Waals surface area contributed by atoms with Crippen LogP contribution in [0, 0.1) is 0 Å². The summed E-state index contributed by atoms with van der Waals surface area (Å²) in [4.78, 5) is 12.3. The first-order valence-corrected chi connectivity index (χ1v) is 5.95. The van der Waals surface area contributed by atoms with Gasteiger partial charge in [0.2, 0.25) is 5.78 Å². The van der Waals surface area contributed by atoms with Crippen LogP contribution in [0.4, 0.5) is 0 Å². The van der Waals surface area contributed by atoms with Gasteiger partial charge in [0.25, 0.3) is 0 Å². The monoisotopic (exact) mass is 252 g/mol. The number of carbonyl (C=O) groups excluding carboxylic acids is 1. The lowest BCUT2D eigenvalue weighted by atomic mass is 10.1. The van der Waals surface area contributed by atoms with Gasteiger partial charge in [-0.15, -0.1) is 0 Å². The fourth-order valence-corrected chi connectivity index (χ4v) is 2.00. The standard InChI is InChI=1S/C16H12O3/c1-18-13-7-4-6-12(9-13)16(17)15-10-11-5-2-3-8-14(11)19-15/h2-10H,1H3. The maximum absolute atomic E-state index is 12.3. The maximum atomic E-state index is 12.3. The summed E-state index contributed by atoms with van der Waals surface area (Å²) in [6.45, 7) is 0. The molecule has 3 rings (SSSR count). The molecule has 0 bridgehead atoms. The summed E-state index contributed by atoms with van der Waals surface area (Å²) < 4.78 is 10.7. The molecule has 0 spiro atoms. The van der Waals surface area contributed by atoms with Gasteiger partial charge in [-0.1, -0.05) is 30.3 Å². The number of rotatable bonds is 3. The van der Waals surface area contributed by atoms with Crippen molar-refractivity contribution in [2.45, 2.75) is 0 Å². The smallest absolute Gasteiger partial charge is 0.228 e. The summed E-state index contributed by atoms with van der Waals surface area (Å²) in [6.07, 6.45) is 0. The molecule has 0 aliphatic heterocycles. The third kappa shape index (κ3) is 2.10. The number of hydrogen-bond donors (Lipinski definition) is 0. The molecule has 0 aliphatic carbocycles. The van der Waals surface area contributed by atoms with Gasteiger partial charge >= 0.3 is 0 Å². The third-order valence-corrected chi connectivity index (χ3v) is 2.98. The molecule has 3 nitrogen and oxygen atoms in total. The first kappa shape index (κ1) is 11.5. The Labute approximate surface area is 110 Å². The fraction of sp³-hybridized carbons (Fsp3) is 0.0625. The van der Waals surface area contributed by atoms with Crippen LogP contribution >= 0.6 is 0 Å². The van der Waals surface area contributed by atoms with Gasteiger partial charge in [-0.2, -0.15) is 0 Å². The first-order valence-electron chi connectivity index (χ1n) is 5.95.